The van der Waals surface area contributed by atoms with Gasteiger partial charge >= 0.3 is 5.97 Å². The molecule has 0 amide bonds. The molecule has 0 heterocycles. The Hall–Kier alpha value is -0.790. The molecule has 0 saturated heterocycles. The highest BCUT2D eigenvalue weighted by Crippen LogP contribution is 2.39. The molecule has 1 aliphatic rings. The molecule has 7 heteroatoms. The number of aliphatic carboxylic acids is 1. The highest BCUT2D eigenvalue weighted by atomic mass is 35.5. The van der Waals surface area contributed by atoms with Gasteiger partial charge in [0.05, 0.1) is 24.2 Å². The summed E-state index contributed by atoms with van der Waals surface area (Å²) in [5.74, 6) is -0.797. The van der Waals surface area contributed by atoms with Crippen LogP contribution in [0.15, 0.2) is 24.3 Å². The maximum Gasteiger partial charge on any atom is 0.310 e. The molecule has 5 nitrogen and oxygen atoms in total. The van der Waals surface area contributed by atoms with E-state index in [1.165, 1.54) is 11.8 Å². The first-order valence-corrected chi connectivity index (χ1v) is 11.4. The van der Waals surface area contributed by atoms with E-state index in [2.05, 4.69) is 0 Å². The van der Waals surface area contributed by atoms with Crippen molar-refractivity contribution >= 4 is 29.3 Å². The van der Waals surface area contributed by atoms with Gasteiger partial charge in [-0.3, -0.25) is 4.79 Å². The highest BCUT2D eigenvalue weighted by molar-refractivity contribution is 8.00. The van der Waals surface area contributed by atoms with Crippen molar-refractivity contribution < 1.29 is 25.2 Å². The molecule has 1 aromatic carbocycles. The molecule has 1 aliphatic carbocycles. The van der Waals surface area contributed by atoms with Crippen LogP contribution in [-0.2, 0) is 4.79 Å². The quantitative estimate of drug-likeness (QED) is 0.400. The summed E-state index contributed by atoms with van der Waals surface area (Å²) < 4.78 is 0. The van der Waals surface area contributed by atoms with Gasteiger partial charge < -0.3 is 20.4 Å². The summed E-state index contributed by atoms with van der Waals surface area (Å²) in [6.07, 6.45) is 2.82. The number of aliphatic hydroxyl groups excluding tert-OH is 3. The SMILES string of the molecule is CC(O)CS[C@H]1C(O)CC(O)[C@@H]1CCCCCC(C(=O)O)c1ccc(Cl)cc1. The summed E-state index contributed by atoms with van der Waals surface area (Å²) in [4.78, 5) is 11.6. The molecule has 1 saturated carbocycles. The third kappa shape index (κ3) is 6.92. The average molecular weight is 431 g/mol. The Labute approximate surface area is 176 Å². The van der Waals surface area contributed by atoms with E-state index >= 15 is 0 Å². The van der Waals surface area contributed by atoms with Crippen LogP contribution in [0, 0.1) is 5.92 Å². The van der Waals surface area contributed by atoms with Gasteiger partial charge in [-0.05, 0) is 43.4 Å². The Kier molecular flexibility index (Phi) is 9.57. The summed E-state index contributed by atoms with van der Waals surface area (Å²) >= 11 is 7.41. The minimum Gasteiger partial charge on any atom is -0.481 e. The molecule has 28 heavy (non-hydrogen) atoms. The second kappa shape index (κ2) is 11.4. The van der Waals surface area contributed by atoms with Crippen LogP contribution in [0.3, 0.4) is 0 Å². The first-order chi connectivity index (χ1) is 13.3. The van der Waals surface area contributed by atoms with Gasteiger partial charge in [-0.2, -0.15) is 11.8 Å². The third-order valence-electron chi connectivity index (χ3n) is 5.41. The van der Waals surface area contributed by atoms with Gasteiger partial charge in [0.1, 0.15) is 0 Å². The Morgan fingerprint density at radius 2 is 1.86 bits per heavy atom. The number of carbonyl (C=O) groups is 1. The maximum atomic E-state index is 11.6. The number of rotatable bonds is 11. The number of unbranched alkanes of at least 4 members (excludes halogenated alkanes) is 2. The van der Waals surface area contributed by atoms with Gasteiger partial charge in [0.25, 0.3) is 0 Å². The van der Waals surface area contributed by atoms with E-state index < -0.39 is 30.2 Å². The van der Waals surface area contributed by atoms with Crippen LogP contribution in [0.25, 0.3) is 0 Å². The van der Waals surface area contributed by atoms with Gasteiger partial charge in [0, 0.05) is 22.4 Å². The number of aliphatic hydroxyl groups is 3. The fourth-order valence-electron chi connectivity index (χ4n) is 3.94. The van der Waals surface area contributed by atoms with Crippen molar-refractivity contribution in [3.8, 4) is 0 Å². The molecule has 6 atom stereocenters. The van der Waals surface area contributed by atoms with E-state index in [0.717, 1.165) is 31.2 Å². The fourth-order valence-corrected chi connectivity index (χ4v) is 5.46. The Bertz CT molecular complexity index is 609. The molecule has 158 valence electrons. The smallest absolute Gasteiger partial charge is 0.310 e. The monoisotopic (exact) mass is 430 g/mol. The van der Waals surface area contributed by atoms with E-state index in [9.17, 15) is 25.2 Å². The first-order valence-electron chi connectivity index (χ1n) is 9.93. The Morgan fingerprint density at radius 3 is 2.46 bits per heavy atom. The molecule has 1 aromatic rings. The third-order valence-corrected chi connectivity index (χ3v) is 7.38. The zero-order chi connectivity index (χ0) is 20.7. The van der Waals surface area contributed by atoms with Crippen molar-refractivity contribution in [1.29, 1.82) is 0 Å². The molecule has 0 aromatic heterocycles. The molecule has 4 unspecified atom stereocenters. The normalized spacial score (nSPS) is 26.9. The average Bonchev–Trinajstić information content (AvgIpc) is 2.90. The number of thioether (sulfide) groups is 1. The Balaban J connectivity index is 1.78. The highest BCUT2D eigenvalue weighted by Gasteiger charge is 2.41. The maximum absolute atomic E-state index is 11.6. The van der Waals surface area contributed by atoms with Crippen LogP contribution in [0.5, 0.6) is 0 Å². The lowest BCUT2D eigenvalue weighted by atomic mass is 9.92. The molecule has 0 aliphatic heterocycles. The summed E-state index contributed by atoms with van der Waals surface area (Å²) in [7, 11) is 0. The zero-order valence-corrected chi connectivity index (χ0v) is 17.8. The molecule has 2 rings (SSSR count). The molecular formula is C21H31ClO5S. The number of hydrogen-bond acceptors (Lipinski definition) is 5. The van der Waals surface area contributed by atoms with E-state index in [4.69, 9.17) is 11.6 Å². The van der Waals surface area contributed by atoms with Crippen LogP contribution in [0.4, 0.5) is 0 Å². The number of carboxylic acid groups (broad SMARTS) is 1. The van der Waals surface area contributed by atoms with Crippen LogP contribution in [0.1, 0.15) is 56.9 Å². The van der Waals surface area contributed by atoms with Crippen LogP contribution < -0.4 is 0 Å². The molecule has 1 fully saturated rings. The zero-order valence-electron chi connectivity index (χ0n) is 16.2. The van der Waals surface area contributed by atoms with Gasteiger partial charge in [0.15, 0.2) is 0 Å². The minimum atomic E-state index is -0.828. The molecule has 0 bridgehead atoms. The van der Waals surface area contributed by atoms with Crippen LogP contribution in [0.2, 0.25) is 5.02 Å². The molecular weight excluding hydrogens is 400 g/mol. The van der Waals surface area contributed by atoms with E-state index in [0.29, 0.717) is 23.6 Å². The number of benzene rings is 1. The first kappa shape index (κ1) is 23.5. The number of carboxylic acids is 1. The lowest BCUT2D eigenvalue weighted by Crippen LogP contribution is -2.26. The topological polar surface area (TPSA) is 98.0 Å². The van der Waals surface area contributed by atoms with E-state index in [1.807, 2.05) is 0 Å². The minimum absolute atomic E-state index is 0.0188. The van der Waals surface area contributed by atoms with Crippen molar-refractivity contribution in [2.45, 2.75) is 74.9 Å². The number of halogens is 1. The summed E-state index contributed by atoms with van der Waals surface area (Å²) in [5, 5.41) is 40.0. The predicted molar refractivity (Wildman–Crippen MR) is 113 cm³/mol. The van der Waals surface area contributed by atoms with Crippen molar-refractivity contribution in [3.63, 3.8) is 0 Å². The van der Waals surface area contributed by atoms with Gasteiger partial charge in [-0.1, -0.05) is 43.0 Å². The van der Waals surface area contributed by atoms with Gasteiger partial charge in [-0.25, -0.2) is 0 Å². The van der Waals surface area contributed by atoms with Crippen molar-refractivity contribution in [2.24, 2.45) is 5.92 Å². The lowest BCUT2D eigenvalue weighted by Gasteiger charge is -2.23. The molecule has 0 radical (unpaired) electrons. The lowest BCUT2D eigenvalue weighted by molar-refractivity contribution is -0.139. The standard InChI is InChI=1S/C21H31ClO5S/c1-13(23)12-28-20-17(18(24)11-19(20)25)6-4-2-3-5-16(21(26)27)14-7-9-15(22)10-8-14/h7-10,13,16-20,23-25H,2-6,11-12H2,1H3,(H,26,27)/t13?,16?,17-,18?,19?,20+/m0/s1. The van der Waals surface area contributed by atoms with Gasteiger partial charge in [0.2, 0.25) is 0 Å². The summed E-state index contributed by atoms with van der Waals surface area (Å²) in [6, 6.07) is 6.96. The molecule has 0 spiro atoms. The van der Waals surface area contributed by atoms with Gasteiger partial charge in [-0.15, -0.1) is 0 Å². The Morgan fingerprint density at radius 1 is 1.18 bits per heavy atom. The van der Waals surface area contributed by atoms with Crippen LogP contribution in [-0.4, -0.2) is 55.7 Å². The second-order valence-corrected chi connectivity index (χ2v) is 9.41. The predicted octanol–water partition coefficient (Wildman–Crippen LogP) is 3.68. The fraction of sp³-hybridized carbons (Fsp3) is 0.667. The van der Waals surface area contributed by atoms with E-state index in [1.54, 1.807) is 31.2 Å². The van der Waals surface area contributed by atoms with Crippen molar-refractivity contribution in [1.82, 2.24) is 0 Å². The molecule has 4 N–H and O–H groups in total. The van der Waals surface area contributed by atoms with Crippen molar-refractivity contribution in [3.05, 3.63) is 34.9 Å². The largest absolute Gasteiger partial charge is 0.481 e. The summed E-state index contributed by atoms with van der Waals surface area (Å²) in [6.45, 7) is 1.72. The van der Waals surface area contributed by atoms with Crippen molar-refractivity contribution in [2.75, 3.05) is 5.75 Å². The second-order valence-electron chi connectivity index (χ2n) is 7.76. The summed E-state index contributed by atoms with van der Waals surface area (Å²) in [5.41, 5.74) is 0.765. The van der Waals surface area contributed by atoms with Crippen LogP contribution >= 0.6 is 23.4 Å². The van der Waals surface area contributed by atoms with E-state index in [-0.39, 0.29) is 11.2 Å². The number of hydrogen-bond donors (Lipinski definition) is 4.